The van der Waals surface area contributed by atoms with E-state index >= 15 is 4.39 Å². The number of carbonyl (C=O) groups is 1. The number of alkyl halides is 1. The second-order valence-electron chi connectivity index (χ2n) is 11.7. The van der Waals surface area contributed by atoms with Crippen LogP contribution in [-0.4, -0.2) is 73.2 Å². The van der Waals surface area contributed by atoms with Gasteiger partial charge in [-0.05, 0) is 81.2 Å². The minimum Gasteiger partial charge on any atom is -0.496 e. The van der Waals surface area contributed by atoms with Crippen LogP contribution in [0.2, 0.25) is 0 Å². The number of nitrogens with one attached hydrogen (secondary N) is 1. The quantitative estimate of drug-likeness (QED) is 0.298. The summed E-state index contributed by atoms with van der Waals surface area (Å²) in [6, 6.07) is 5.18. The second-order valence-corrected chi connectivity index (χ2v) is 11.7. The molecule has 3 aliphatic rings. The number of unbranched alkanes of at least 4 members (excludes halogenated alkanes) is 1. The summed E-state index contributed by atoms with van der Waals surface area (Å²) in [7, 11) is 1.68. The molecule has 2 aromatic rings. The van der Waals surface area contributed by atoms with Gasteiger partial charge in [-0.15, -0.1) is 0 Å². The second kappa shape index (κ2) is 14.6. The molecule has 2 fully saturated rings. The summed E-state index contributed by atoms with van der Waals surface area (Å²) in [6.45, 7) is 3.15. The number of hydrogen-bond donors (Lipinski definition) is 2. The highest BCUT2D eigenvalue weighted by atomic mass is 19.1. The minimum atomic E-state index is -1.06. The fraction of sp³-hybridized carbons (Fsp3) is 0.625. The molecule has 5 rings (SSSR count). The largest absolute Gasteiger partial charge is 0.496 e. The zero-order chi connectivity index (χ0) is 29.5. The zero-order valence-corrected chi connectivity index (χ0v) is 24.5. The fourth-order valence-corrected chi connectivity index (χ4v) is 6.48. The van der Waals surface area contributed by atoms with E-state index in [2.05, 4.69) is 5.32 Å². The maximum atomic E-state index is 15.4. The van der Waals surface area contributed by atoms with Crippen molar-refractivity contribution in [1.82, 2.24) is 9.88 Å². The number of methoxy groups -OCH3 is 1. The Bertz CT molecular complexity index is 1190. The number of carboxylic acid groups (broad SMARTS) is 1. The molecule has 1 unspecified atom stereocenters. The van der Waals surface area contributed by atoms with E-state index < -0.39 is 24.0 Å². The average molecular weight is 588 g/mol. The molecule has 1 aromatic carbocycles. The Labute approximate surface area is 246 Å². The zero-order valence-electron chi connectivity index (χ0n) is 24.5. The van der Waals surface area contributed by atoms with Gasteiger partial charge >= 0.3 is 5.97 Å². The Balaban J connectivity index is 1.15. The Morgan fingerprint density at radius 2 is 2.07 bits per heavy atom. The van der Waals surface area contributed by atoms with Crippen LogP contribution in [0.3, 0.4) is 0 Å². The number of ether oxygens (including phenoxy) is 3. The molecule has 2 N–H and O–H groups in total. The Morgan fingerprint density at radius 3 is 2.86 bits per heavy atom. The van der Waals surface area contributed by atoms with Crippen molar-refractivity contribution < 1.29 is 32.9 Å². The molecular weight excluding hydrogens is 544 g/mol. The molecule has 0 spiro atoms. The molecule has 0 radical (unpaired) electrons. The number of aryl methyl sites for hydroxylation is 1. The van der Waals surface area contributed by atoms with Crippen LogP contribution in [0.1, 0.15) is 73.4 Å². The number of hydrogen-bond acceptors (Lipinski definition) is 7. The van der Waals surface area contributed by atoms with E-state index in [1.165, 1.54) is 12.1 Å². The molecule has 0 bridgehead atoms. The number of pyridine rings is 1. The van der Waals surface area contributed by atoms with Crippen molar-refractivity contribution in [3.63, 3.8) is 0 Å². The first-order valence-corrected chi connectivity index (χ1v) is 15.3. The summed E-state index contributed by atoms with van der Waals surface area (Å²) in [6.07, 6.45) is 5.83. The van der Waals surface area contributed by atoms with E-state index in [0.29, 0.717) is 56.7 Å². The number of rotatable bonds is 13. The van der Waals surface area contributed by atoms with Gasteiger partial charge in [0.25, 0.3) is 0 Å². The number of aliphatic carboxylic acids is 1. The Hall–Kier alpha value is -2.82. The lowest BCUT2D eigenvalue weighted by Crippen LogP contribution is -2.34. The van der Waals surface area contributed by atoms with Crippen LogP contribution in [-0.2, 0) is 33.7 Å². The number of aromatic nitrogens is 1. The third-order valence-electron chi connectivity index (χ3n) is 8.83. The van der Waals surface area contributed by atoms with Gasteiger partial charge in [-0.25, -0.2) is 13.8 Å². The Kier molecular flexibility index (Phi) is 10.6. The van der Waals surface area contributed by atoms with E-state index in [0.717, 1.165) is 67.9 Å². The third kappa shape index (κ3) is 7.57. The number of anilines is 1. The molecule has 0 saturated carbocycles. The van der Waals surface area contributed by atoms with Gasteiger partial charge < -0.3 is 24.6 Å². The SMILES string of the molecule is COc1cc(CCCC[C@H](F)[C@@H]2CCN(C(C(=O)O)c3cc(F)ccc3COC3CCOCC3)C2)nc2c1CCCN2. The highest BCUT2D eigenvalue weighted by Crippen LogP contribution is 2.35. The summed E-state index contributed by atoms with van der Waals surface area (Å²) in [5, 5.41) is 13.6. The molecule has 4 heterocycles. The first-order valence-electron chi connectivity index (χ1n) is 15.3. The number of carboxylic acids is 1. The summed E-state index contributed by atoms with van der Waals surface area (Å²) < 4.78 is 46.7. The van der Waals surface area contributed by atoms with E-state index in [9.17, 15) is 14.3 Å². The van der Waals surface area contributed by atoms with E-state index in [1.807, 2.05) is 6.07 Å². The first kappa shape index (κ1) is 30.6. The van der Waals surface area contributed by atoms with Crippen LogP contribution in [0.4, 0.5) is 14.6 Å². The van der Waals surface area contributed by atoms with Gasteiger partial charge in [0, 0.05) is 49.5 Å². The van der Waals surface area contributed by atoms with Gasteiger partial charge in [-0.3, -0.25) is 9.69 Å². The van der Waals surface area contributed by atoms with Gasteiger partial charge in [0.1, 0.15) is 29.6 Å². The van der Waals surface area contributed by atoms with Crippen molar-refractivity contribution in [2.24, 2.45) is 5.92 Å². The van der Waals surface area contributed by atoms with Gasteiger partial charge in [0.15, 0.2) is 0 Å². The molecular formula is C32H43F2N3O5. The smallest absolute Gasteiger partial charge is 0.325 e. The predicted molar refractivity (Wildman–Crippen MR) is 155 cm³/mol. The fourth-order valence-electron chi connectivity index (χ4n) is 6.48. The molecule has 3 aliphatic heterocycles. The number of likely N-dealkylation sites (tertiary alicyclic amines) is 1. The van der Waals surface area contributed by atoms with Crippen molar-refractivity contribution >= 4 is 11.8 Å². The topological polar surface area (TPSA) is 93.2 Å². The lowest BCUT2D eigenvalue weighted by Gasteiger charge is -2.28. The van der Waals surface area contributed by atoms with Gasteiger partial charge in [-0.1, -0.05) is 12.5 Å². The normalized spacial score (nSPS) is 21.0. The Morgan fingerprint density at radius 1 is 1.24 bits per heavy atom. The molecule has 10 heteroatoms. The van der Waals surface area contributed by atoms with Crippen molar-refractivity contribution in [2.75, 3.05) is 45.3 Å². The highest BCUT2D eigenvalue weighted by Gasteiger charge is 2.38. The van der Waals surface area contributed by atoms with Crippen molar-refractivity contribution in [3.05, 3.63) is 52.5 Å². The molecule has 2 saturated heterocycles. The molecule has 8 nitrogen and oxygen atoms in total. The number of fused-ring (bicyclic) bond motifs is 1. The number of halogens is 2. The summed E-state index contributed by atoms with van der Waals surface area (Å²) in [4.78, 5) is 19.0. The van der Waals surface area contributed by atoms with E-state index in [-0.39, 0.29) is 18.6 Å². The molecule has 1 aromatic heterocycles. The summed E-state index contributed by atoms with van der Waals surface area (Å²) in [5.41, 5.74) is 3.10. The molecule has 230 valence electrons. The molecule has 0 amide bonds. The van der Waals surface area contributed by atoms with Crippen LogP contribution in [0, 0.1) is 11.7 Å². The maximum Gasteiger partial charge on any atom is 0.325 e. The average Bonchev–Trinajstić information content (AvgIpc) is 3.48. The highest BCUT2D eigenvalue weighted by molar-refractivity contribution is 5.76. The maximum absolute atomic E-state index is 15.4. The molecule has 0 aliphatic carbocycles. The monoisotopic (exact) mass is 587 g/mol. The van der Waals surface area contributed by atoms with Gasteiger partial charge in [0.05, 0.1) is 19.8 Å². The van der Waals surface area contributed by atoms with Crippen molar-refractivity contribution in [1.29, 1.82) is 0 Å². The summed E-state index contributed by atoms with van der Waals surface area (Å²) in [5.74, 6) is -0.0530. The number of nitrogens with zero attached hydrogens (tertiary/aromatic N) is 2. The molecule has 42 heavy (non-hydrogen) atoms. The van der Waals surface area contributed by atoms with Crippen LogP contribution in [0.5, 0.6) is 5.75 Å². The van der Waals surface area contributed by atoms with Crippen LogP contribution >= 0.6 is 0 Å². The van der Waals surface area contributed by atoms with E-state index in [1.54, 1.807) is 18.1 Å². The first-order chi connectivity index (χ1) is 20.4. The van der Waals surface area contributed by atoms with Gasteiger partial charge in [0.2, 0.25) is 0 Å². The lowest BCUT2D eigenvalue weighted by molar-refractivity contribution is -0.143. The standard InChI is InChI=1S/C32H43F2N3O5/c1-40-29-18-24(36-31-26(29)6-4-13-35-31)5-2-3-7-28(34)21-10-14-37(19-21)30(32(38)39)27-17-23(33)9-8-22(27)20-42-25-11-15-41-16-12-25/h8-9,17-18,21,25,28,30H,2-7,10-16,19-20H2,1H3,(H,35,36)(H,38,39)/t21-,28+,30?/m1/s1. The predicted octanol–water partition coefficient (Wildman–Crippen LogP) is 5.48. The van der Waals surface area contributed by atoms with Crippen LogP contribution in [0.15, 0.2) is 24.3 Å². The minimum absolute atomic E-state index is 0.0325. The van der Waals surface area contributed by atoms with Gasteiger partial charge in [-0.2, -0.15) is 0 Å². The number of benzene rings is 1. The third-order valence-corrected chi connectivity index (χ3v) is 8.83. The van der Waals surface area contributed by atoms with Crippen LogP contribution < -0.4 is 10.1 Å². The lowest BCUT2D eigenvalue weighted by atomic mass is 9.96. The molecule has 3 atom stereocenters. The van der Waals surface area contributed by atoms with Crippen molar-refractivity contribution in [2.45, 2.75) is 82.7 Å². The van der Waals surface area contributed by atoms with Crippen molar-refractivity contribution in [3.8, 4) is 5.75 Å². The summed E-state index contributed by atoms with van der Waals surface area (Å²) >= 11 is 0. The van der Waals surface area contributed by atoms with E-state index in [4.69, 9.17) is 19.2 Å². The van der Waals surface area contributed by atoms with Crippen LogP contribution in [0.25, 0.3) is 0 Å².